The molecule has 3 fully saturated rings. The summed E-state index contributed by atoms with van der Waals surface area (Å²) in [5, 5.41) is 0. The summed E-state index contributed by atoms with van der Waals surface area (Å²) in [6.45, 7) is 8.18. The number of hydrogen-bond donors (Lipinski definition) is 0. The quantitative estimate of drug-likeness (QED) is 0.759. The molecule has 1 aromatic carbocycles. The standard InChI is InChI=1S/C18H28N3OP/c1-15-11-16(2)13-18(12-15)21-14-17-7-6-10-20(17)23(21,22)19-8-4-3-5-9-19/h11-13,17H,3-10,14H2,1-2H3. The second-order valence-electron chi connectivity index (χ2n) is 7.41. The minimum Gasteiger partial charge on any atom is -0.297 e. The molecule has 0 amide bonds. The Morgan fingerprint density at radius 1 is 0.957 bits per heavy atom. The number of hydrogen-bond acceptors (Lipinski definition) is 1. The van der Waals surface area contributed by atoms with Gasteiger partial charge < -0.3 is 0 Å². The summed E-state index contributed by atoms with van der Waals surface area (Å²) in [7, 11) is -2.62. The second-order valence-corrected chi connectivity index (χ2v) is 10.0. The van der Waals surface area contributed by atoms with E-state index >= 15 is 0 Å². The van der Waals surface area contributed by atoms with Crippen molar-refractivity contribution in [2.75, 3.05) is 30.8 Å². The molecule has 0 aromatic heterocycles. The topological polar surface area (TPSA) is 26.8 Å². The van der Waals surface area contributed by atoms with E-state index in [9.17, 15) is 4.57 Å². The minimum atomic E-state index is -2.62. The van der Waals surface area contributed by atoms with Crippen LogP contribution in [0.15, 0.2) is 18.2 Å². The summed E-state index contributed by atoms with van der Waals surface area (Å²) in [6.07, 6.45) is 6.04. The molecule has 4 nitrogen and oxygen atoms in total. The largest absolute Gasteiger partial charge is 0.311 e. The van der Waals surface area contributed by atoms with E-state index in [2.05, 4.69) is 46.1 Å². The fourth-order valence-corrected chi connectivity index (χ4v) is 8.15. The van der Waals surface area contributed by atoms with Gasteiger partial charge >= 0.3 is 7.59 Å². The van der Waals surface area contributed by atoms with Gasteiger partial charge in [0, 0.05) is 37.9 Å². The first-order valence-corrected chi connectivity index (χ1v) is 10.6. The first kappa shape index (κ1) is 15.7. The van der Waals surface area contributed by atoms with Crippen LogP contribution in [0.4, 0.5) is 5.69 Å². The Morgan fingerprint density at radius 2 is 1.65 bits per heavy atom. The first-order valence-electron chi connectivity index (χ1n) is 9.08. The van der Waals surface area contributed by atoms with E-state index in [0.29, 0.717) is 6.04 Å². The molecule has 3 aliphatic rings. The smallest absolute Gasteiger partial charge is 0.297 e. The van der Waals surface area contributed by atoms with Gasteiger partial charge in [-0.3, -0.25) is 9.24 Å². The van der Waals surface area contributed by atoms with Gasteiger partial charge in [0.2, 0.25) is 0 Å². The maximum Gasteiger partial charge on any atom is 0.311 e. The highest BCUT2D eigenvalue weighted by Gasteiger charge is 2.54. The lowest BCUT2D eigenvalue weighted by Crippen LogP contribution is -2.37. The lowest BCUT2D eigenvalue weighted by Gasteiger charge is -2.40. The number of piperidine rings is 1. The van der Waals surface area contributed by atoms with Crippen molar-refractivity contribution in [3.05, 3.63) is 29.3 Å². The molecule has 0 N–H and O–H groups in total. The van der Waals surface area contributed by atoms with Gasteiger partial charge in [-0.15, -0.1) is 0 Å². The SMILES string of the molecule is Cc1cc(C)cc(N2CC3CCCN3P2(=O)N2CCCCC2)c1. The summed E-state index contributed by atoms with van der Waals surface area (Å²) >= 11 is 0. The van der Waals surface area contributed by atoms with Crippen LogP contribution in [0.2, 0.25) is 0 Å². The maximum absolute atomic E-state index is 14.3. The van der Waals surface area contributed by atoms with Gasteiger partial charge in [0.15, 0.2) is 0 Å². The van der Waals surface area contributed by atoms with Crippen LogP contribution in [0.3, 0.4) is 0 Å². The molecule has 3 saturated heterocycles. The fraction of sp³-hybridized carbons (Fsp3) is 0.667. The van der Waals surface area contributed by atoms with Crippen LogP contribution in [0.25, 0.3) is 0 Å². The van der Waals surface area contributed by atoms with E-state index in [1.54, 1.807) is 0 Å². The molecule has 0 spiro atoms. The first-order chi connectivity index (χ1) is 11.1. The summed E-state index contributed by atoms with van der Waals surface area (Å²) in [5.74, 6) is 0. The molecule has 0 aliphatic carbocycles. The maximum atomic E-state index is 14.3. The summed E-state index contributed by atoms with van der Waals surface area (Å²) in [5.41, 5.74) is 3.68. The van der Waals surface area contributed by atoms with Gasteiger partial charge in [0.25, 0.3) is 0 Å². The van der Waals surface area contributed by atoms with Gasteiger partial charge in [-0.2, -0.15) is 0 Å². The molecular weight excluding hydrogens is 305 g/mol. The van der Waals surface area contributed by atoms with Crippen LogP contribution < -0.4 is 4.67 Å². The van der Waals surface area contributed by atoms with Crippen LogP contribution in [0.1, 0.15) is 43.2 Å². The second kappa shape index (κ2) is 5.91. The predicted octanol–water partition coefficient (Wildman–Crippen LogP) is 4.18. The average molecular weight is 333 g/mol. The van der Waals surface area contributed by atoms with Crippen molar-refractivity contribution in [2.45, 2.75) is 52.0 Å². The number of aryl methyl sites for hydroxylation is 2. The predicted molar refractivity (Wildman–Crippen MR) is 96.0 cm³/mol. The Balaban J connectivity index is 1.76. The molecule has 23 heavy (non-hydrogen) atoms. The van der Waals surface area contributed by atoms with Crippen LogP contribution in [0.5, 0.6) is 0 Å². The van der Waals surface area contributed by atoms with Gasteiger partial charge in [-0.25, -0.2) is 9.34 Å². The van der Waals surface area contributed by atoms with Gasteiger partial charge in [-0.1, -0.05) is 12.5 Å². The molecule has 0 radical (unpaired) electrons. The van der Waals surface area contributed by atoms with Crippen molar-refractivity contribution in [2.24, 2.45) is 0 Å². The molecule has 3 heterocycles. The third kappa shape index (κ3) is 2.56. The van der Waals surface area contributed by atoms with Gasteiger partial charge in [0.1, 0.15) is 0 Å². The average Bonchev–Trinajstić information content (AvgIpc) is 3.10. The molecule has 2 unspecified atom stereocenters. The Hall–Kier alpha value is -0.830. The normalized spacial score (nSPS) is 32.4. The Labute approximate surface area is 140 Å². The van der Waals surface area contributed by atoms with Crippen LogP contribution in [-0.2, 0) is 4.57 Å². The van der Waals surface area contributed by atoms with Crippen molar-refractivity contribution < 1.29 is 4.57 Å². The third-order valence-corrected chi connectivity index (χ3v) is 8.94. The zero-order valence-corrected chi connectivity index (χ0v) is 15.3. The molecular formula is C18H28N3OP. The molecule has 2 atom stereocenters. The van der Waals surface area contributed by atoms with Gasteiger partial charge in [-0.05, 0) is 62.8 Å². The van der Waals surface area contributed by atoms with E-state index in [4.69, 9.17) is 0 Å². The van der Waals surface area contributed by atoms with Crippen molar-refractivity contribution in [3.8, 4) is 0 Å². The third-order valence-electron chi connectivity index (χ3n) is 5.58. The molecule has 5 heteroatoms. The number of fused-ring (bicyclic) bond motifs is 1. The highest BCUT2D eigenvalue weighted by atomic mass is 31.2. The molecule has 1 aromatic rings. The van der Waals surface area contributed by atoms with Crippen LogP contribution in [0, 0.1) is 13.8 Å². The Bertz CT molecular complexity index is 621. The van der Waals surface area contributed by atoms with Gasteiger partial charge in [0.05, 0.1) is 0 Å². The number of anilines is 1. The van der Waals surface area contributed by atoms with Crippen molar-refractivity contribution in [1.82, 2.24) is 9.34 Å². The molecule has 126 valence electrons. The van der Waals surface area contributed by atoms with Crippen molar-refractivity contribution in [1.29, 1.82) is 0 Å². The Morgan fingerprint density at radius 3 is 2.35 bits per heavy atom. The molecule has 3 aliphatic heterocycles. The van der Waals surface area contributed by atoms with E-state index in [1.807, 2.05) is 0 Å². The Kier molecular flexibility index (Phi) is 4.03. The lowest BCUT2D eigenvalue weighted by molar-refractivity contribution is 0.309. The van der Waals surface area contributed by atoms with Crippen molar-refractivity contribution >= 4 is 13.3 Å². The lowest BCUT2D eigenvalue weighted by atomic mass is 10.1. The number of nitrogens with zero attached hydrogens (tertiary/aromatic N) is 3. The highest BCUT2D eigenvalue weighted by molar-refractivity contribution is 7.61. The van der Waals surface area contributed by atoms with E-state index < -0.39 is 7.59 Å². The molecule has 0 bridgehead atoms. The highest BCUT2D eigenvalue weighted by Crippen LogP contribution is 2.65. The summed E-state index contributed by atoms with van der Waals surface area (Å²) in [4.78, 5) is 0. The van der Waals surface area contributed by atoms with Crippen LogP contribution in [-0.4, -0.2) is 41.6 Å². The number of benzene rings is 1. The monoisotopic (exact) mass is 333 g/mol. The molecule has 0 saturated carbocycles. The molecule has 4 rings (SSSR count). The zero-order valence-electron chi connectivity index (χ0n) is 14.4. The van der Waals surface area contributed by atoms with E-state index in [-0.39, 0.29) is 0 Å². The van der Waals surface area contributed by atoms with Crippen molar-refractivity contribution in [3.63, 3.8) is 0 Å². The van der Waals surface area contributed by atoms with E-state index in [1.165, 1.54) is 43.2 Å². The number of rotatable bonds is 2. The van der Waals surface area contributed by atoms with E-state index in [0.717, 1.165) is 31.9 Å². The summed E-state index contributed by atoms with van der Waals surface area (Å²) in [6, 6.07) is 7.10. The van der Waals surface area contributed by atoms with Crippen LogP contribution >= 0.6 is 7.59 Å². The summed E-state index contributed by atoms with van der Waals surface area (Å²) < 4.78 is 21.3. The zero-order chi connectivity index (χ0) is 16.0. The fourth-order valence-electron chi connectivity index (χ4n) is 4.60. The minimum absolute atomic E-state index is 0.476.